The standard InChI is InChI=1S/C13H17N3O6/c1-13(2,3)22-12(21)15-6-5-14-9-8(17)4-7(11(19)20)16(9)10(6)18/h5,7-8,17H,4H2,1-3H3,(H,15,21)(H,19,20)/t7-,8?/m0/s1. The van der Waals surface area contributed by atoms with Gasteiger partial charge in [0.15, 0.2) is 0 Å². The fourth-order valence-corrected chi connectivity index (χ4v) is 2.16. The molecule has 1 aromatic heterocycles. The van der Waals surface area contributed by atoms with Gasteiger partial charge >= 0.3 is 12.1 Å². The highest BCUT2D eigenvalue weighted by Gasteiger charge is 2.37. The number of nitrogens with one attached hydrogen (secondary N) is 1. The van der Waals surface area contributed by atoms with Crippen LogP contribution in [0.25, 0.3) is 0 Å². The van der Waals surface area contributed by atoms with Crippen LogP contribution in [0.1, 0.15) is 45.2 Å². The molecule has 9 heteroatoms. The van der Waals surface area contributed by atoms with Gasteiger partial charge in [-0.05, 0) is 20.8 Å². The summed E-state index contributed by atoms with van der Waals surface area (Å²) < 4.78 is 5.89. The summed E-state index contributed by atoms with van der Waals surface area (Å²) in [6, 6.07) is -1.22. The number of anilines is 1. The lowest BCUT2D eigenvalue weighted by Crippen LogP contribution is -2.33. The second-order valence-corrected chi connectivity index (χ2v) is 5.94. The number of amides is 1. The summed E-state index contributed by atoms with van der Waals surface area (Å²) in [6.45, 7) is 4.99. The molecule has 2 rings (SSSR count). The molecule has 2 heterocycles. The normalized spacial score (nSPS) is 20.4. The summed E-state index contributed by atoms with van der Waals surface area (Å²) in [5.41, 5.74) is -1.71. The van der Waals surface area contributed by atoms with E-state index in [0.717, 1.165) is 10.8 Å². The lowest BCUT2D eigenvalue weighted by molar-refractivity contribution is -0.141. The van der Waals surface area contributed by atoms with Crippen LogP contribution in [0.4, 0.5) is 10.5 Å². The first kappa shape index (κ1) is 16.0. The third-order valence-electron chi connectivity index (χ3n) is 3.00. The number of nitrogens with zero attached hydrogens (tertiary/aromatic N) is 2. The van der Waals surface area contributed by atoms with Crippen molar-refractivity contribution in [2.45, 2.75) is 44.9 Å². The first-order valence-corrected chi connectivity index (χ1v) is 6.62. The molecule has 22 heavy (non-hydrogen) atoms. The van der Waals surface area contributed by atoms with Gasteiger partial charge in [-0.1, -0.05) is 0 Å². The van der Waals surface area contributed by atoms with Crippen LogP contribution in [-0.2, 0) is 9.53 Å². The Bertz CT molecular complexity index is 675. The van der Waals surface area contributed by atoms with E-state index in [-0.39, 0.29) is 17.9 Å². The number of aromatic nitrogens is 2. The predicted octanol–water partition coefficient (Wildman–Crippen LogP) is 0.653. The fraction of sp³-hybridized carbons (Fsp3) is 0.538. The Labute approximate surface area is 125 Å². The van der Waals surface area contributed by atoms with Gasteiger partial charge in [0, 0.05) is 6.42 Å². The number of aliphatic hydroxyl groups is 1. The Morgan fingerprint density at radius 1 is 1.45 bits per heavy atom. The Hall–Kier alpha value is -2.42. The van der Waals surface area contributed by atoms with E-state index < -0.39 is 35.4 Å². The minimum Gasteiger partial charge on any atom is -0.480 e. The highest BCUT2D eigenvalue weighted by Crippen LogP contribution is 2.31. The van der Waals surface area contributed by atoms with Crippen molar-refractivity contribution in [1.82, 2.24) is 9.55 Å². The highest BCUT2D eigenvalue weighted by molar-refractivity contribution is 5.84. The molecule has 2 atom stereocenters. The Morgan fingerprint density at radius 3 is 2.64 bits per heavy atom. The summed E-state index contributed by atoms with van der Waals surface area (Å²) in [4.78, 5) is 39.0. The number of ether oxygens (including phenoxy) is 1. The minimum absolute atomic E-state index is 0.0351. The van der Waals surface area contributed by atoms with Gasteiger partial charge in [-0.15, -0.1) is 0 Å². The van der Waals surface area contributed by atoms with Crippen LogP contribution in [0.15, 0.2) is 11.0 Å². The molecule has 1 amide bonds. The quantitative estimate of drug-likeness (QED) is 0.731. The van der Waals surface area contributed by atoms with E-state index in [0.29, 0.717) is 0 Å². The van der Waals surface area contributed by atoms with Crippen LogP contribution in [-0.4, -0.2) is 37.4 Å². The molecule has 0 aromatic carbocycles. The van der Waals surface area contributed by atoms with Gasteiger partial charge in [-0.3, -0.25) is 14.7 Å². The molecule has 1 aromatic rings. The lowest BCUT2D eigenvalue weighted by atomic mass is 10.2. The third kappa shape index (κ3) is 3.08. The van der Waals surface area contributed by atoms with E-state index in [9.17, 15) is 19.5 Å². The van der Waals surface area contributed by atoms with Gasteiger partial charge < -0.3 is 14.9 Å². The molecule has 0 fully saturated rings. The van der Waals surface area contributed by atoms with Crippen molar-refractivity contribution in [2.24, 2.45) is 0 Å². The second-order valence-electron chi connectivity index (χ2n) is 5.94. The topological polar surface area (TPSA) is 131 Å². The van der Waals surface area contributed by atoms with Crippen LogP contribution >= 0.6 is 0 Å². The van der Waals surface area contributed by atoms with Crippen LogP contribution in [0.5, 0.6) is 0 Å². The van der Waals surface area contributed by atoms with Crippen LogP contribution in [0.2, 0.25) is 0 Å². The van der Waals surface area contributed by atoms with E-state index >= 15 is 0 Å². The largest absolute Gasteiger partial charge is 0.480 e. The summed E-state index contributed by atoms with van der Waals surface area (Å²) in [7, 11) is 0. The Morgan fingerprint density at radius 2 is 2.09 bits per heavy atom. The number of carboxylic acids is 1. The lowest BCUT2D eigenvalue weighted by Gasteiger charge is -2.19. The van der Waals surface area contributed by atoms with E-state index in [4.69, 9.17) is 9.84 Å². The van der Waals surface area contributed by atoms with Crippen molar-refractivity contribution in [2.75, 3.05) is 5.32 Å². The van der Waals surface area contributed by atoms with Crippen LogP contribution in [0, 0.1) is 0 Å². The number of aliphatic hydroxyl groups excluding tert-OH is 1. The molecular formula is C13H17N3O6. The monoisotopic (exact) mass is 311 g/mol. The van der Waals surface area contributed by atoms with Gasteiger partial charge in [-0.2, -0.15) is 0 Å². The summed E-state index contributed by atoms with van der Waals surface area (Å²) >= 11 is 0. The number of carbonyl (C=O) groups excluding carboxylic acids is 1. The van der Waals surface area contributed by atoms with Gasteiger partial charge in [0.2, 0.25) is 0 Å². The molecule has 0 bridgehead atoms. The zero-order valence-corrected chi connectivity index (χ0v) is 12.4. The van der Waals surface area contributed by atoms with Crippen LogP contribution in [0.3, 0.4) is 0 Å². The third-order valence-corrected chi connectivity index (χ3v) is 3.00. The van der Waals surface area contributed by atoms with E-state index in [2.05, 4.69) is 10.3 Å². The average molecular weight is 311 g/mol. The molecule has 0 saturated heterocycles. The molecule has 1 unspecified atom stereocenters. The van der Waals surface area contributed by atoms with Gasteiger partial charge in [0.1, 0.15) is 29.3 Å². The number of hydrogen-bond acceptors (Lipinski definition) is 6. The number of aliphatic carboxylic acids is 1. The minimum atomic E-state index is -1.25. The SMILES string of the molecule is CC(C)(C)OC(=O)Nc1cnc2n(c1=O)[C@H](C(=O)O)CC2O. The first-order chi connectivity index (χ1) is 10.1. The van der Waals surface area contributed by atoms with Gasteiger partial charge in [-0.25, -0.2) is 14.6 Å². The predicted molar refractivity (Wildman–Crippen MR) is 74.6 cm³/mol. The molecule has 120 valence electrons. The Balaban J connectivity index is 2.34. The molecule has 9 nitrogen and oxygen atoms in total. The second kappa shape index (κ2) is 5.41. The van der Waals surface area contributed by atoms with Crippen molar-refractivity contribution in [3.63, 3.8) is 0 Å². The maximum atomic E-state index is 12.3. The summed E-state index contributed by atoms with van der Waals surface area (Å²) in [6.07, 6.45) is -1.05. The number of rotatable bonds is 2. The van der Waals surface area contributed by atoms with Crippen LogP contribution < -0.4 is 10.9 Å². The smallest absolute Gasteiger partial charge is 0.412 e. The van der Waals surface area contributed by atoms with Gasteiger partial charge in [0.05, 0.1) is 6.20 Å². The molecule has 0 spiro atoms. The van der Waals surface area contributed by atoms with Crippen molar-refractivity contribution in [3.8, 4) is 0 Å². The first-order valence-electron chi connectivity index (χ1n) is 6.62. The highest BCUT2D eigenvalue weighted by atomic mass is 16.6. The number of carbonyl (C=O) groups is 2. The fourth-order valence-electron chi connectivity index (χ4n) is 2.16. The zero-order valence-electron chi connectivity index (χ0n) is 12.4. The number of fused-ring (bicyclic) bond motifs is 1. The maximum absolute atomic E-state index is 12.3. The molecule has 0 saturated carbocycles. The molecule has 1 aliphatic heterocycles. The van der Waals surface area contributed by atoms with E-state index in [1.54, 1.807) is 20.8 Å². The number of carboxylic acid groups (broad SMARTS) is 1. The van der Waals surface area contributed by atoms with Gasteiger partial charge in [0.25, 0.3) is 5.56 Å². The van der Waals surface area contributed by atoms with E-state index in [1.165, 1.54) is 0 Å². The van der Waals surface area contributed by atoms with Crippen molar-refractivity contribution in [1.29, 1.82) is 0 Å². The Kier molecular flexibility index (Phi) is 3.92. The maximum Gasteiger partial charge on any atom is 0.412 e. The summed E-state index contributed by atoms with van der Waals surface area (Å²) in [5, 5.41) is 21.1. The van der Waals surface area contributed by atoms with E-state index in [1.807, 2.05) is 0 Å². The molecule has 0 aliphatic carbocycles. The molecule has 3 N–H and O–H groups in total. The summed E-state index contributed by atoms with van der Waals surface area (Å²) in [5.74, 6) is -1.29. The molecule has 0 radical (unpaired) electrons. The number of hydrogen-bond donors (Lipinski definition) is 3. The van der Waals surface area contributed by atoms with Crippen molar-refractivity contribution >= 4 is 17.7 Å². The zero-order chi connectivity index (χ0) is 16.7. The average Bonchev–Trinajstić information content (AvgIpc) is 2.69. The van der Waals surface area contributed by atoms with Crippen molar-refractivity contribution in [3.05, 3.63) is 22.4 Å². The molecular weight excluding hydrogens is 294 g/mol. The molecule has 1 aliphatic rings. The van der Waals surface area contributed by atoms with Crippen molar-refractivity contribution < 1.29 is 24.5 Å².